The Kier molecular flexibility index (Phi) is 10.0. The summed E-state index contributed by atoms with van der Waals surface area (Å²) in [6.45, 7) is 1.66. The summed E-state index contributed by atoms with van der Waals surface area (Å²) in [6.07, 6.45) is 0.152. The molecule has 2 N–H and O–H groups in total. The Morgan fingerprint density at radius 1 is 1.05 bits per heavy atom. The number of anilines is 1. The third-order valence-corrected chi connectivity index (χ3v) is 7.40. The molecule has 0 saturated heterocycles. The molecule has 0 atom stereocenters. The van der Waals surface area contributed by atoms with E-state index in [4.69, 9.17) is 27.9 Å². The standard InChI is InChI=1S/C26H21Cl2N3O6S.Na/c1-3-15-20(12-11-19(28)25(15)38(34,35)36)30-31-22-16-8-5-4-7-14(16)13-17(23(22)32)26(33)29-21-10-6-9-18(27)24(21)37-2;/h4-13,32H,3H2,1-2H3,(H,29,33)(H,34,35,36);/q;+1/p-1. The Morgan fingerprint density at radius 2 is 1.77 bits per heavy atom. The summed E-state index contributed by atoms with van der Waals surface area (Å²) >= 11 is 12.2. The minimum atomic E-state index is -4.65. The molecule has 0 aliphatic rings. The molecule has 13 heteroatoms. The molecule has 9 nitrogen and oxygen atoms in total. The maximum Gasteiger partial charge on any atom is 1.00 e. The van der Waals surface area contributed by atoms with Crippen molar-refractivity contribution in [3.05, 3.63) is 81.8 Å². The molecule has 39 heavy (non-hydrogen) atoms. The van der Waals surface area contributed by atoms with Crippen molar-refractivity contribution in [2.75, 3.05) is 12.4 Å². The Morgan fingerprint density at radius 3 is 2.44 bits per heavy atom. The number of hydrogen-bond donors (Lipinski definition) is 2. The van der Waals surface area contributed by atoms with E-state index in [-0.39, 0.29) is 80.0 Å². The molecule has 0 bridgehead atoms. The van der Waals surface area contributed by atoms with Crippen molar-refractivity contribution in [2.24, 2.45) is 10.2 Å². The molecular weight excluding hydrogens is 576 g/mol. The quantitative estimate of drug-likeness (QED) is 0.189. The average Bonchev–Trinajstić information content (AvgIpc) is 2.87. The second-order valence-electron chi connectivity index (χ2n) is 8.00. The van der Waals surface area contributed by atoms with Crippen LogP contribution in [-0.2, 0) is 16.5 Å². The van der Waals surface area contributed by atoms with Crippen LogP contribution in [0.1, 0.15) is 22.8 Å². The molecule has 0 heterocycles. The first kappa shape index (κ1) is 30.8. The summed E-state index contributed by atoms with van der Waals surface area (Å²) in [5.41, 5.74) is 0.156. The van der Waals surface area contributed by atoms with Crippen molar-refractivity contribution in [3.8, 4) is 11.5 Å². The number of amides is 1. The Hall–Kier alpha value is -2.70. The summed E-state index contributed by atoms with van der Waals surface area (Å²) in [5, 5.41) is 25.4. The van der Waals surface area contributed by atoms with Crippen LogP contribution in [0.3, 0.4) is 0 Å². The van der Waals surface area contributed by atoms with Crippen molar-refractivity contribution >= 4 is 67.1 Å². The van der Waals surface area contributed by atoms with E-state index < -0.39 is 26.7 Å². The number of para-hydroxylation sites is 1. The van der Waals surface area contributed by atoms with Gasteiger partial charge in [-0.05, 0) is 42.1 Å². The average molecular weight is 596 g/mol. The molecule has 196 valence electrons. The first-order chi connectivity index (χ1) is 18.1. The fourth-order valence-electron chi connectivity index (χ4n) is 3.99. The largest absolute Gasteiger partial charge is 1.00 e. The van der Waals surface area contributed by atoms with Crippen LogP contribution in [0.4, 0.5) is 17.1 Å². The topological polar surface area (TPSA) is 140 Å². The molecular formula is C26H20Cl2N3NaO6S. The van der Waals surface area contributed by atoms with Gasteiger partial charge in [-0.1, -0.05) is 66.2 Å². The molecule has 4 aromatic rings. The number of methoxy groups -OCH3 is 1. The number of nitrogens with one attached hydrogen (secondary N) is 1. The van der Waals surface area contributed by atoms with E-state index in [1.165, 1.54) is 25.3 Å². The van der Waals surface area contributed by atoms with Crippen molar-refractivity contribution < 1.29 is 57.2 Å². The fraction of sp³-hybridized carbons (Fsp3) is 0.115. The van der Waals surface area contributed by atoms with Crippen LogP contribution in [0.5, 0.6) is 11.5 Å². The molecule has 0 saturated carbocycles. The molecule has 0 radical (unpaired) electrons. The van der Waals surface area contributed by atoms with E-state index in [0.717, 1.165) is 0 Å². The van der Waals surface area contributed by atoms with E-state index >= 15 is 0 Å². The van der Waals surface area contributed by atoms with Gasteiger partial charge in [0.25, 0.3) is 16.0 Å². The predicted molar refractivity (Wildman–Crippen MR) is 144 cm³/mol. The number of halogens is 2. The van der Waals surface area contributed by atoms with E-state index in [1.54, 1.807) is 49.4 Å². The van der Waals surface area contributed by atoms with E-state index in [9.17, 15) is 22.9 Å². The molecule has 0 unspecified atom stereocenters. The third kappa shape index (κ3) is 6.38. The van der Waals surface area contributed by atoms with Crippen LogP contribution in [0.25, 0.3) is 10.8 Å². The van der Waals surface area contributed by atoms with Gasteiger partial charge in [0.15, 0.2) is 5.75 Å². The summed E-state index contributed by atoms with van der Waals surface area (Å²) in [4.78, 5) is 12.7. The molecule has 0 aromatic heterocycles. The van der Waals surface area contributed by atoms with Crippen molar-refractivity contribution in [2.45, 2.75) is 18.2 Å². The Bertz CT molecular complexity index is 1710. The fourth-order valence-corrected chi connectivity index (χ4v) is 5.58. The monoisotopic (exact) mass is 595 g/mol. The van der Waals surface area contributed by atoms with Gasteiger partial charge in [0.05, 0.1) is 34.2 Å². The van der Waals surface area contributed by atoms with Gasteiger partial charge in [0, 0.05) is 16.5 Å². The number of carbonyl (C=O) groups excluding carboxylic acids is 1. The normalized spacial score (nSPS) is 11.4. The molecule has 0 fully saturated rings. The van der Waals surface area contributed by atoms with Gasteiger partial charge < -0.3 is 15.2 Å². The smallest absolute Gasteiger partial charge is 0.870 e. The van der Waals surface area contributed by atoms with Crippen LogP contribution in [0.15, 0.2) is 75.8 Å². The second-order valence-corrected chi connectivity index (χ2v) is 10.2. The summed E-state index contributed by atoms with van der Waals surface area (Å²) in [6, 6.07) is 15.7. The molecule has 0 aliphatic heterocycles. The van der Waals surface area contributed by atoms with Crippen LogP contribution in [0, 0.1) is 0 Å². The van der Waals surface area contributed by atoms with Gasteiger partial charge >= 0.3 is 29.6 Å². The van der Waals surface area contributed by atoms with Crippen LogP contribution in [-0.4, -0.2) is 26.0 Å². The minimum Gasteiger partial charge on any atom is -0.870 e. The van der Waals surface area contributed by atoms with Gasteiger partial charge in [0.2, 0.25) is 0 Å². The first-order valence-electron chi connectivity index (χ1n) is 11.1. The molecule has 4 rings (SSSR count). The summed E-state index contributed by atoms with van der Waals surface area (Å²) < 4.78 is 38.7. The predicted octanol–water partition coefficient (Wildman–Crippen LogP) is 3.71. The van der Waals surface area contributed by atoms with Gasteiger partial charge in [-0.2, -0.15) is 18.6 Å². The van der Waals surface area contributed by atoms with E-state index in [2.05, 4.69) is 15.5 Å². The minimum absolute atomic E-state index is 0. The number of azo groups is 1. The molecule has 0 aliphatic carbocycles. The maximum atomic E-state index is 13.5. The van der Waals surface area contributed by atoms with Crippen molar-refractivity contribution in [1.29, 1.82) is 0 Å². The number of carbonyl (C=O) groups is 1. The van der Waals surface area contributed by atoms with Crippen LogP contribution < -0.4 is 44.7 Å². The number of ether oxygens (including phenoxy) is 1. The van der Waals surface area contributed by atoms with Crippen molar-refractivity contribution in [1.82, 2.24) is 0 Å². The Balaban J connectivity index is 0.00000420. The zero-order valence-electron chi connectivity index (χ0n) is 21.0. The first-order valence-corrected chi connectivity index (χ1v) is 13.3. The number of benzene rings is 4. The third-order valence-electron chi connectivity index (χ3n) is 5.70. The van der Waals surface area contributed by atoms with Gasteiger partial charge in [-0.15, -0.1) is 0 Å². The summed E-state index contributed by atoms with van der Waals surface area (Å²) in [7, 11) is -3.25. The number of hydrogen-bond acceptors (Lipinski definition) is 7. The molecule has 0 spiro atoms. The zero-order valence-corrected chi connectivity index (χ0v) is 25.4. The number of fused-ring (bicyclic) bond motifs is 1. The van der Waals surface area contributed by atoms with Gasteiger partial charge in [-0.3, -0.25) is 9.35 Å². The number of rotatable bonds is 7. The maximum absolute atomic E-state index is 13.5. The van der Waals surface area contributed by atoms with E-state index in [1.807, 2.05) is 0 Å². The van der Waals surface area contributed by atoms with Gasteiger partial charge in [0.1, 0.15) is 4.90 Å². The van der Waals surface area contributed by atoms with Crippen molar-refractivity contribution in [3.63, 3.8) is 0 Å². The second kappa shape index (κ2) is 12.6. The Labute approximate surface area is 256 Å². The molecule has 1 amide bonds. The SMILES string of the molecule is CCc1c(N=Nc2c([O-])c(C(=O)Nc3cccc(Cl)c3OC)cc3ccccc23)ccc(Cl)c1S(=O)(=O)O.[Na+]. The summed E-state index contributed by atoms with van der Waals surface area (Å²) in [5.74, 6) is -1.18. The van der Waals surface area contributed by atoms with Crippen LogP contribution in [0.2, 0.25) is 10.0 Å². The zero-order chi connectivity index (χ0) is 27.6. The van der Waals surface area contributed by atoms with Gasteiger partial charge in [-0.25, -0.2) is 0 Å². The number of nitrogens with zero attached hydrogens (tertiary/aromatic N) is 2. The van der Waals surface area contributed by atoms with Crippen LogP contribution >= 0.6 is 23.2 Å². The molecule has 4 aromatic carbocycles. The van der Waals surface area contributed by atoms with E-state index in [0.29, 0.717) is 10.8 Å².